The molecule has 0 saturated carbocycles. The molecule has 1 aliphatic rings. The lowest BCUT2D eigenvalue weighted by atomic mass is 9.77. The van der Waals surface area contributed by atoms with Crippen LogP contribution in [0.1, 0.15) is 16.7 Å². The van der Waals surface area contributed by atoms with Gasteiger partial charge in [-0.3, -0.25) is 19.0 Å². The highest BCUT2D eigenvalue weighted by Gasteiger charge is 2.40. The molecule has 0 spiro atoms. The highest BCUT2D eigenvalue weighted by molar-refractivity contribution is 5.92. The number of amides is 2. The lowest BCUT2D eigenvalue weighted by Gasteiger charge is -2.36. The molecule has 0 unspecified atom stereocenters. The van der Waals surface area contributed by atoms with Gasteiger partial charge in [0.05, 0.1) is 30.8 Å². The number of imidazole rings is 1. The summed E-state index contributed by atoms with van der Waals surface area (Å²) in [7, 11) is 1.82. The van der Waals surface area contributed by atoms with Crippen LogP contribution < -0.4 is 4.90 Å². The number of hydrogen-bond donors (Lipinski definition) is 0. The van der Waals surface area contributed by atoms with Crippen LogP contribution in [0.4, 0.5) is 10.5 Å². The Morgan fingerprint density at radius 3 is 1.87 bits per heavy atom. The Balaban J connectivity index is 1.25. The molecule has 0 N–H and O–H groups in total. The van der Waals surface area contributed by atoms with Gasteiger partial charge in [0.15, 0.2) is 0 Å². The number of carbonyl (C=O) groups is 1. The van der Waals surface area contributed by atoms with Crippen LogP contribution in [0, 0.1) is 0 Å². The second-order valence-electron chi connectivity index (χ2n) is 13.6. The maximum Gasteiger partial charge on any atom is 0.324 e. The van der Waals surface area contributed by atoms with Gasteiger partial charge in [0, 0.05) is 61.1 Å². The molecule has 270 valence electrons. The number of nitrogens with zero attached hydrogens (tertiary/aromatic N) is 7. The molecule has 55 heavy (non-hydrogen) atoms. The molecule has 9 rings (SSSR count). The van der Waals surface area contributed by atoms with E-state index < -0.39 is 5.54 Å². The SMILES string of the molecule is CN(C(=O)N1CCOCC1)c1ccc(-c2nn(C(c3ccccc3)(c3ccccc3)c3ccccc3)cc2-c2ccc3ncc(-c4ccccn4)n3c2)cc1. The van der Waals surface area contributed by atoms with Gasteiger partial charge in [0.2, 0.25) is 0 Å². The van der Waals surface area contributed by atoms with E-state index in [1.54, 1.807) is 11.1 Å². The van der Waals surface area contributed by atoms with Crippen LogP contribution in [0.15, 0.2) is 170 Å². The predicted octanol–water partition coefficient (Wildman–Crippen LogP) is 8.66. The molecule has 9 nitrogen and oxygen atoms in total. The maximum absolute atomic E-state index is 13.4. The number of ether oxygens (including phenoxy) is 1. The number of urea groups is 1. The van der Waals surface area contributed by atoms with Gasteiger partial charge in [0.1, 0.15) is 16.9 Å². The third-order valence-electron chi connectivity index (χ3n) is 10.5. The van der Waals surface area contributed by atoms with Crippen molar-refractivity contribution in [2.24, 2.45) is 0 Å². The van der Waals surface area contributed by atoms with Gasteiger partial charge in [-0.1, -0.05) is 109 Å². The van der Waals surface area contributed by atoms with Crippen LogP contribution in [0.25, 0.3) is 39.4 Å². The molecule has 1 aliphatic heterocycles. The minimum Gasteiger partial charge on any atom is -0.378 e. The Kier molecular flexibility index (Phi) is 8.97. The fourth-order valence-corrected chi connectivity index (χ4v) is 7.67. The van der Waals surface area contributed by atoms with Gasteiger partial charge < -0.3 is 9.64 Å². The number of fused-ring (bicyclic) bond motifs is 1. The van der Waals surface area contributed by atoms with Crippen LogP contribution >= 0.6 is 0 Å². The molecular weight excluding hydrogens is 683 g/mol. The van der Waals surface area contributed by atoms with E-state index in [9.17, 15) is 4.79 Å². The minimum atomic E-state index is -0.820. The van der Waals surface area contributed by atoms with Gasteiger partial charge in [-0.05, 0) is 53.1 Å². The number of carbonyl (C=O) groups excluding carboxylic acids is 1. The van der Waals surface area contributed by atoms with Gasteiger partial charge >= 0.3 is 6.03 Å². The molecular formula is C46H39N7O2. The molecule has 9 heteroatoms. The van der Waals surface area contributed by atoms with Crippen molar-refractivity contribution in [3.63, 3.8) is 0 Å². The first-order chi connectivity index (χ1) is 27.1. The molecule has 4 aromatic carbocycles. The number of anilines is 1. The predicted molar refractivity (Wildman–Crippen MR) is 216 cm³/mol. The van der Waals surface area contributed by atoms with E-state index in [-0.39, 0.29) is 6.03 Å². The number of hydrogen-bond acceptors (Lipinski definition) is 5. The Labute approximate surface area is 319 Å². The largest absolute Gasteiger partial charge is 0.378 e. The van der Waals surface area contributed by atoms with Crippen LogP contribution in [0.3, 0.4) is 0 Å². The molecule has 8 aromatic rings. The molecule has 0 radical (unpaired) electrons. The molecule has 4 aromatic heterocycles. The molecule has 1 fully saturated rings. The molecule has 5 heterocycles. The number of benzene rings is 4. The lowest BCUT2D eigenvalue weighted by Crippen LogP contribution is -2.47. The Morgan fingerprint density at radius 1 is 0.673 bits per heavy atom. The zero-order chi connectivity index (χ0) is 37.2. The van der Waals surface area contributed by atoms with Crippen LogP contribution in [0.5, 0.6) is 0 Å². The zero-order valence-electron chi connectivity index (χ0n) is 30.4. The smallest absolute Gasteiger partial charge is 0.324 e. The standard InChI is InChI=1S/C46H39N7O2/c1-50(45(54)51-27-29-55-30-28-51)39-23-20-34(21-24-39)44-40(35-22-25-43-48-31-42(52(43)32-35)41-19-11-12-26-47-41)33-53(49-44)46(36-13-5-2-6-14-36,37-15-7-3-8-16-37)38-17-9-4-10-18-38/h2-26,31-33H,27-30H2,1H3. The number of morpholine rings is 1. The molecule has 0 bridgehead atoms. The Bertz CT molecular complexity index is 2450. The normalized spacial score (nSPS) is 13.2. The number of rotatable bonds is 8. The Morgan fingerprint density at radius 2 is 1.27 bits per heavy atom. The van der Waals surface area contributed by atoms with E-state index in [0.717, 1.165) is 61.8 Å². The van der Waals surface area contributed by atoms with Gasteiger partial charge in [-0.2, -0.15) is 5.10 Å². The van der Waals surface area contributed by atoms with Gasteiger partial charge in [0.25, 0.3) is 0 Å². The molecule has 1 saturated heterocycles. The van der Waals surface area contributed by atoms with Crippen LogP contribution in [0.2, 0.25) is 0 Å². The first-order valence-electron chi connectivity index (χ1n) is 18.5. The summed E-state index contributed by atoms with van der Waals surface area (Å²) in [6, 6.07) is 49.8. The van der Waals surface area contributed by atoms with Crippen LogP contribution in [-0.4, -0.2) is 68.4 Å². The van der Waals surface area contributed by atoms with E-state index in [2.05, 4.69) is 117 Å². The summed E-state index contributed by atoms with van der Waals surface area (Å²) >= 11 is 0. The average molecular weight is 722 g/mol. The summed E-state index contributed by atoms with van der Waals surface area (Å²) in [5, 5.41) is 5.57. The van der Waals surface area contributed by atoms with Gasteiger partial charge in [-0.15, -0.1) is 0 Å². The quantitative estimate of drug-likeness (QED) is 0.147. The monoisotopic (exact) mass is 721 g/mol. The minimum absolute atomic E-state index is 0.0447. The lowest BCUT2D eigenvalue weighted by molar-refractivity contribution is 0.0551. The maximum atomic E-state index is 13.4. The second kappa shape index (κ2) is 14.5. The zero-order valence-corrected chi connectivity index (χ0v) is 30.4. The van der Waals surface area contributed by atoms with Crippen molar-refractivity contribution < 1.29 is 9.53 Å². The highest BCUT2D eigenvalue weighted by Crippen LogP contribution is 2.43. The van der Waals surface area contributed by atoms with E-state index in [4.69, 9.17) is 14.8 Å². The van der Waals surface area contributed by atoms with E-state index in [0.29, 0.717) is 26.3 Å². The van der Waals surface area contributed by atoms with E-state index in [1.807, 2.05) is 72.7 Å². The summed E-state index contributed by atoms with van der Waals surface area (Å²) < 4.78 is 9.69. The summed E-state index contributed by atoms with van der Waals surface area (Å²) in [5.41, 5.74) is 9.41. The Hall–Kier alpha value is -6.84. The summed E-state index contributed by atoms with van der Waals surface area (Å²) in [5.74, 6) is 0. The van der Waals surface area contributed by atoms with Crippen molar-refractivity contribution >= 4 is 17.4 Å². The third kappa shape index (κ3) is 6.14. The fraction of sp³-hybridized carbons (Fsp3) is 0.130. The molecule has 0 aliphatic carbocycles. The average Bonchev–Trinajstić information content (AvgIpc) is 3.91. The first kappa shape index (κ1) is 34.0. The van der Waals surface area contributed by atoms with Gasteiger partial charge in [-0.25, -0.2) is 9.78 Å². The summed E-state index contributed by atoms with van der Waals surface area (Å²) in [6.45, 7) is 2.26. The van der Waals surface area contributed by atoms with Crippen molar-refractivity contribution in [2.45, 2.75) is 5.54 Å². The van der Waals surface area contributed by atoms with Crippen LogP contribution in [-0.2, 0) is 10.3 Å². The van der Waals surface area contributed by atoms with E-state index in [1.165, 1.54) is 0 Å². The van der Waals surface area contributed by atoms with E-state index >= 15 is 0 Å². The second-order valence-corrected chi connectivity index (χ2v) is 13.6. The fourth-order valence-electron chi connectivity index (χ4n) is 7.67. The summed E-state index contributed by atoms with van der Waals surface area (Å²) in [4.78, 5) is 26.3. The van der Waals surface area contributed by atoms with Crippen molar-refractivity contribution in [1.82, 2.24) is 29.0 Å². The number of aromatic nitrogens is 5. The number of pyridine rings is 2. The highest BCUT2D eigenvalue weighted by atomic mass is 16.5. The van der Waals surface area contributed by atoms with Crippen molar-refractivity contribution in [1.29, 1.82) is 0 Å². The summed E-state index contributed by atoms with van der Waals surface area (Å²) in [6.07, 6.45) is 7.95. The molecule has 2 amide bonds. The molecule has 0 atom stereocenters. The van der Waals surface area contributed by atoms with Crippen molar-refractivity contribution in [3.8, 4) is 33.8 Å². The first-order valence-corrected chi connectivity index (χ1v) is 18.5. The van der Waals surface area contributed by atoms with Crippen molar-refractivity contribution in [3.05, 3.63) is 187 Å². The topological polar surface area (TPSA) is 80.8 Å². The third-order valence-corrected chi connectivity index (χ3v) is 10.5. The van der Waals surface area contributed by atoms with Crippen molar-refractivity contribution in [2.75, 3.05) is 38.3 Å².